The Morgan fingerprint density at radius 1 is 0.658 bits per heavy atom. The van der Waals surface area contributed by atoms with Crippen LogP contribution in [0.15, 0.2) is 36.4 Å². The minimum absolute atomic E-state index is 0.171. The van der Waals surface area contributed by atoms with Crippen LogP contribution in [0.2, 0.25) is 0 Å². The lowest BCUT2D eigenvalue weighted by Crippen LogP contribution is -2.42. The average molecular weight is 519 g/mol. The van der Waals surface area contributed by atoms with Crippen LogP contribution in [-0.2, 0) is 9.59 Å². The smallest absolute Gasteiger partial charge is 0.230 e. The molecule has 0 atom stereocenters. The zero-order valence-electron chi connectivity index (χ0n) is 22.5. The van der Waals surface area contributed by atoms with Gasteiger partial charge in [-0.15, -0.1) is 0 Å². The summed E-state index contributed by atoms with van der Waals surface area (Å²) in [7, 11) is 4.35. The molecule has 0 aromatic heterocycles. The van der Waals surface area contributed by atoms with Gasteiger partial charge in [0.2, 0.25) is 11.8 Å². The first kappa shape index (κ1) is 26.3. The van der Waals surface area contributed by atoms with E-state index in [1.807, 2.05) is 0 Å². The van der Waals surface area contributed by atoms with Gasteiger partial charge >= 0.3 is 0 Å². The van der Waals surface area contributed by atoms with E-state index in [0.717, 1.165) is 48.2 Å². The number of hydrogen-bond donors (Lipinski definition) is 2. The number of nitrogens with one attached hydrogen (secondary N) is 2. The van der Waals surface area contributed by atoms with Crippen molar-refractivity contribution in [1.82, 2.24) is 0 Å². The summed E-state index contributed by atoms with van der Waals surface area (Å²) in [6.07, 6.45) is 5.40. The summed E-state index contributed by atoms with van der Waals surface area (Å²) in [6, 6.07) is 9.95. The van der Waals surface area contributed by atoms with Crippen LogP contribution < -0.4 is 10.6 Å². The minimum atomic E-state index is -0.363. The van der Waals surface area contributed by atoms with Gasteiger partial charge in [-0.05, 0) is 12.1 Å². The van der Waals surface area contributed by atoms with Crippen molar-refractivity contribution in [3.05, 3.63) is 58.7 Å². The van der Waals surface area contributed by atoms with E-state index < -0.39 is 0 Å². The first-order chi connectivity index (χ1) is 18.2. The summed E-state index contributed by atoms with van der Waals surface area (Å²) in [6.45, 7) is 5.78. The van der Waals surface area contributed by atoms with Crippen LogP contribution in [0.3, 0.4) is 0 Å². The summed E-state index contributed by atoms with van der Waals surface area (Å²) in [5.41, 5.74) is 1.61. The molecule has 5 rings (SSSR count). The van der Waals surface area contributed by atoms with Crippen LogP contribution in [0, 0.1) is 0 Å². The Hall–Kier alpha value is -3.36. The van der Waals surface area contributed by atoms with Gasteiger partial charge in [-0.1, -0.05) is 24.3 Å². The number of rotatable bonds is 8. The molecule has 200 valence electrons. The summed E-state index contributed by atoms with van der Waals surface area (Å²) in [5.74, 6) is -0.989. The fourth-order valence-corrected chi connectivity index (χ4v) is 6.26. The Balaban J connectivity index is 1.35. The van der Waals surface area contributed by atoms with Gasteiger partial charge in [0.15, 0.2) is 11.6 Å². The zero-order chi connectivity index (χ0) is 26.9. The number of benzene rings is 2. The highest BCUT2D eigenvalue weighted by atomic mass is 16.2. The molecule has 2 heterocycles. The zero-order valence-corrected chi connectivity index (χ0v) is 22.5. The van der Waals surface area contributed by atoms with E-state index in [2.05, 4.69) is 24.7 Å². The highest BCUT2D eigenvalue weighted by Crippen LogP contribution is 2.35. The van der Waals surface area contributed by atoms with Crippen molar-refractivity contribution in [1.29, 1.82) is 0 Å². The van der Waals surface area contributed by atoms with Crippen LogP contribution in [0.5, 0.6) is 0 Å². The van der Waals surface area contributed by atoms with E-state index in [9.17, 15) is 19.2 Å². The summed E-state index contributed by atoms with van der Waals surface area (Å²) in [5, 5.41) is 5.80. The topological polar surface area (TPSA) is 92.3 Å². The molecule has 0 unspecified atom stereocenters. The van der Waals surface area contributed by atoms with E-state index in [1.54, 1.807) is 36.4 Å². The number of amides is 2. The summed E-state index contributed by atoms with van der Waals surface area (Å²) < 4.78 is 1.76. The van der Waals surface area contributed by atoms with Crippen LogP contribution in [-0.4, -0.2) is 85.7 Å². The third-order valence-electron chi connectivity index (χ3n) is 8.67. The van der Waals surface area contributed by atoms with Crippen molar-refractivity contribution in [3.8, 4) is 0 Å². The third kappa shape index (κ3) is 5.28. The summed E-state index contributed by atoms with van der Waals surface area (Å²) in [4.78, 5) is 53.0. The van der Waals surface area contributed by atoms with E-state index in [0.29, 0.717) is 24.2 Å². The largest absolute Gasteiger partial charge is 0.326 e. The van der Waals surface area contributed by atoms with Gasteiger partial charge in [0.05, 0.1) is 88.7 Å². The lowest BCUT2D eigenvalue weighted by molar-refractivity contribution is -0.897. The van der Waals surface area contributed by atoms with Crippen molar-refractivity contribution < 1.29 is 28.1 Å². The molecule has 0 radical (unpaired) electrons. The molecule has 2 fully saturated rings. The lowest BCUT2D eigenvalue weighted by atomic mass is 9.82. The number of carbonyl (C=O) groups excluding carboxylic acids is 4. The predicted molar refractivity (Wildman–Crippen MR) is 146 cm³/mol. The monoisotopic (exact) mass is 518 g/mol. The molecular formula is C30H38N4O4+2. The van der Waals surface area contributed by atoms with Gasteiger partial charge in [-0.25, -0.2) is 0 Å². The van der Waals surface area contributed by atoms with Crippen LogP contribution >= 0.6 is 0 Å². The molecule has 0 spiro atoms. The molecule has 2 amide bonds. The lowest BCUT2D eigenvalue weighted by Gasteiger charge is -2.29. The maximum atomic E-state index is 13.8. The number of fused-ring (bicyclic) bond motifs is 2. The molecule has 0 saturated carbocycles. The number of likely N-dealkylation sites (tertiary alicyclic amines) is 2. The van der Waals surface area contributed by atoms with Gasteiger partial charge in [0.25, 0.3) is 0 Å². The quantitative estimate of drug-likeness (QED) is 0.446. The van der Waals surface area contributed by atoms with Crippen LogP contribution in [0.4, 0.5) is 11.4 Å². The highest BCUT2D eigenvalue weighted by Gasteiger charge is 2.35. The molecule has 2 N–H and O–H groups in total. The molecule has 2 saturated heterocycles. The summed E-state index contributed by atoms with van der Waals surface area (Å²) >= 11 is 0. The van der Waals surface area contributed by atoms with Gasteiger partial charge < -0.3 is 19.6 Å². The maximum Gasteiger partial charge on any atom is 0.230 e. The van der Waals surface area contributed by atoms with Crippen LogP contribution in [0.1, 0.15) is 70.4 Å². The number of nitrogens with zero attached hydrogens (tertiary/aromatic N) is 2. The Morgan fingerprint density at radius 2 is 1.05 bits per heavy atom. The average Bonchev–Trinajstić information content (AvgIpc) is 3.54. The maximum absolute atomic E-state index is 13.8. The van der Waals surface area contributed by atoms with E-state index in [1.165, 1.54) is 25.7 Å². The fourth-order valence-electron chi connectivity index (χ4n) is 6.26. The normalized spacial score (nSPS) is 19.1. The predicted octanol–water partition coefficient (Wildman–Crippen LogP) is 3.60. The van der Waals surface area contributed by atoms with E-state index in [-0.39, 0.29) is 45.6 Å². The highest BCUT2D eigenvalue weighted by molar-refractivity contribution is 6.32. The Kier molecular flexibility index (Phi) is 7.20. The van der Waals surface area contributed by atoms with Crippen LogP contribution in [0.25, 0.3) is 0 Å². The van der Waals surface area contributed by atoms with Gasteiger partial charge in [0, 0.05) is 36.8 Å². The molecule has 2 aliphatic heterocycles. The number of quaternary nitrogens is 2. The van der Waals surface area contributed by atoms with Crippen molar-refractivity contribution >= 4 is 34.8 Å². The second-order valence-corrected chi connectivity index (χ2v) is 11.7. The SMILES string of the molecule is C[N+]1(CCC(=O)Nc2cccc3c2C(=O)c2c(NC(=O)CC[N+]4(C)CCCC4)cccc2C3=O)CCCC1. The van der Waals surface area contributed by atoms with Gasteiger partial charge in [-0.2, -0.15) is 0 Å². The molecule has 8 heteroatoms. The second-order valence-electron chi connectivity index (χ2n) is 11.7. The molecule has 2 aromatic carbocycles. The molecule has 0 bridgehead atoms. The number of anilines is 2. The minimum Gasteiger partial charge on any atom is -0.326 e. The standard InChI is InChI=1S/C30H36N4O4/c1-33(15-3-4-16-33)19-13-25(35)31-23-11-7-9-21-27(23)30(38)28-22(29(21)37)10-8-12-24(28)32-26(36)14-20-34(2)17-5-6-18-34/h7-12H,3-6,13-20H2,1-2H3/p+2. The first-order valence-electron chi connectivity index (χ1n) is 13.8. The molecule has 3 aliphatic rings. The Labute approximate surface area is 224 Å². The van der Waals surface area contributed by atoms with Crippen molar-refractivity contribution in [2.75, 3.05) is 64.0 Å². The molecule has 1 aliphatic carbocycles. The van der Waals surface area contributed by atoms with Crippen molar-refractivity contribution in [2.45, 2.75) is 38.5 Å². The number of hydrogen-bond acceptors (Lipinski definition) is 4. The fraction of sp³-hybridized carbons (Fsp3) is 0.467. The molecule has 38 heavy (non-hydrogen) atoms. The number of ketones is 2. The first-order valence-corrected chi connectivity index (χ1v) is 13.8. The molecule has 2 aromatic rings. The second kappa shape index (κ2) is 10.4. The van der Waals surface area contributed by atoms with Gasteiger partial charge in [0.1, 0.15) is 0 Å². The van der Waals surface area contributed by atoms with Crippen molar-refractivity contribution in [3.63, 3.8) is 0 Å². The Bertz CT molecular complexity index is 1190. The van der Waals surface area contributed by atoms with E-state index >= 15 is 0 Å². The van der Waals surface area contributed by atoms with Crippen molar-refractivity contribution in [2.24, 2.45) is 0 Å². The molecular weight excluding hydrogens is 480 g/mol. The van der Waals surface area contributed by atoms with E-state index in [4.69, 9.17) is 0 Å². The number of carbonyl (C=O) groups is 4. The van der Waals surface area contributed by atoms with Gasteiger partial charge in [-0.3, -0.25) is 19.2 Å². The molecule has 8 nitrogen and oxygen atoms in total. The Morgan fingerprint density at radius 3 is 1.45 bits per heavy atom. The third-order valence-corrected chi connectivity index (χ3v) is 8.67.